The number of benzene rings is 2. The summed E-state index contributed by atoms with van der Waals surface area (Å²) in [5.41, 5.74) is 3.16. The molecule has 0 aromatic heterocycles. The summed E-state index contributed by atoms with van der Waals surface area (Å²) < 4.78 is 21.5. The molecule has 5 nitrogen and oxygen atoms in total. The molecule has 0 spiro atoms. The van der Waals surface area contributed by atoms with Crippen LogP contribution < -0.4 is 18.9 Å². The Morgan fingerprint density at radius 3 is 1.85 bits per heavy atom. The summed E-state index contributed by atoms with van der Waals surface area (Å²) in [5, 5.41) is 0. The molecule has 0 saturated heterocycles. The number of hydrogen-bond donors (Lipinski definition) is 0. The van der Waals surface area contributed by atoms with Gasteiger partial charge in [0.05, 0.1) is 34.5 Å². The van der Waals surface area contributed by atoms with Crippen molar-refractivity contribution in [2.75, 3.05) is 28.4 Å². The Bertz CT molecular complexity index is 786. The van der Waals surface area contributed by atoms with E-state index in [2.05, 4.69) is 13.8 Å². The minimum atomic E-state index is 0.0350. The van der Waals surface area contributed by atoms with Crippen LogP contribution in [0, 0.1) is 0 Å². The second kappa shape index (κ2) is 9.86. The summed E-state index contributed by atoms with van der Waals surface area (Å²) in [6.45, 7) is 4.24. The van der Waals surface area contributed by atoms with E-state index in [0.29, 0.717) is 17.2 Å². The summed E-state index contributed by atoms with van der Waals surface area (Å²) in [6, 6.07) is 11.9. The van der Waals surface area contributed by atoms with E-state index >= 15 is 0 Å². The highest BCUT2D eigenvalue weighted by molar-refractivity contribution is 6.01. The molecule has 0 bridgehead atoms. The van der Waals surface area contributed by atoms with Gasteiger partial charge in [0.2, 0.25) is 0 Å². The molecule has 0 aliphatic rings. The molecule has 0 saturated carbocycles. The number of methoxy groups -OCH3 is 4. The molecule has 0 radical (unpaired) electrons. The van der Waals surface area contributed by atoms with Crippen molar-refractivity contribution in [1.29, 1.82) is 0 Å². The second-order valence-electron chi connectivity index (χ2n) is 6.04. The largest absolute Gasteiger partial charge is 0.493 e. The van der Waals surface area contributed by atoms with Gasteiger partial charge in [-0.2, -0.15) is 0 Å². The Morgan fingerprint density at radius 1 is 0.778 bits per heavy atom. The highest BCUT2D eigenvalue weighted by Gasteiger charge is 2.14. The van der Waals surface area contributed by atoms with E-state index in [-0.39, 0.29) is 6.04 Å². The van der Waals surface area contributed by atoms with Gasteiger partial charge in [-0.3, -0.25) is 4.99 Å². The third-order valence-corrected chi connectivity index (χ3v) is 4.54. The van der Waals surface area contributed by atoms with Crippen LogP contribution in [0.1, 0.15) is 43.9 Å². The molecular formula is C22H29NO4. The van der Waals surface area contributed by atoms with Crippen molar-refractivity contribution in [3.05, 3.63) is 47.5 Å². The molecule has 2 aromatic carbocycles. The van der Waals surface area contributed by atoms with E-state index in [9.17, 15) is 0 Å². The Labute approximate surface area is 161 Å². The van der Waals surface area contributed by atoms with Gasteiger partial charge in [0.25, 0.3) is 0 Å². The Balaban J connectivity index is 2.42. The summed E-state index contributed by atoms with van der Waals surface area (Å²) in [6.07, 6.45) is 1.70. The van der Waals surface area contributed by atoms with Gasteiger partial charge >= 0.3 is 0 Å². The number of nitrogens with zero attached hydrogens (tertiary/aromatic N) is 1. The van der Waals surface area contributed by atoms with Crippen LogP contribution >= 0.6 is 0 Å². The minimum absolute atomic E-state index is 0.0350. The maximum Gasteiger partial charge on any atom is 0.161 e. The number of hydrogen-bond acceptors (Lipinski definition) is 5. The van der Waals surface area contributed by atoms with Crippen LogP contribution in [0.25, 0.3) is 0 Å². The van der Waals surface area contributed by atoms with Gasteiger partial charge < -0.3 is 18.9 Å². The molecular weight excluding hydrogens is 342 g/mol. The molecule has 0 N–H and O–H groups in total. The molecule has 27 heavy (non-hydrogen) atoms. The van der Waals surface area contributed by atoms with Crippen LogP contribution in [0.3, 0.4) is 0 Å². The first-order valence-corrected chi connectivity index (χ1v) is 9.12. The fourth-order valence-corrected chi connectivity index (χ4v) is 3.04. The predicted octanol–water partition coefficient (Wildman–Crippen LogP) is 5.07. The van der Waals surface area contributed by atoms with Gasteiger partial charge in [-0.1, -0.05) is 19.9 Å². The molecule has 1 atom stereocenters. The maximum atomic E-state index is 5.44. The summed E-state index contributed by atoms with van der Waals surface area (Å²) in [7, 11) is 6.56. The normalized spacial score (nSPS) is 12.4. The van der Waals surface area contributed by atoms with E-state index in [1.165, 1.54) is 0 Å². The lowest BCUT2D eigenvalue weighted by Gasteiger charge is -2.17. The van der Waals surface area contributed by atoms with Crippen LogP contribution in [-0.4, -0.2) is 34.2 Å². The topological polar surface area (TPSA) is 49.3 Å². The molecule has 0 fully saturated rings. The van der Waals surface area contributed by atoms with E-state index in [0.717, 1.165) is 35.4 Å². The van der Waals surface area contributed by atoms with Gasteiger partial charge in [0.15, 0.2) is 23.0 Å². The average molecular weight is 371 g/mol. The van der Waals surface area contributed by atoms with Crippen molar-refractivity contribution >= 4 is 5.71 Å². The fourth-order valence-electron chi connectivity index (χ4n) is 3.04. The van der Waals surface area contributed by atoms with Gasteiger partial charge in [-0.25, -0.2) is 0 Å². The van der Waals surface area contributed by atoms with Gasteiger partial charge in [-0.15, -0.1) is 0 Å². The zero-order chi connectivity index (χ0) is 19.8. The quantitative estimate of drug-likeness (QED) is 0.577. The van der Waals surface area contributed by atoms with E-state index in [1.54, 1.807) is 28.4 Å². The third kappa shape index (κ3) is 4.73. The summed E-state index contributed by atoms with van der Waals surface area (Å²) >= 11 is 0. The van der Waals surface area contributed by atoms with Crippen molar-refractivity contribution < 1.29 is 18.9 Å². The minimum Gasteiger partial charge on any atom is -0.493 e. The number of aliphatic imine (C=N–C) groups is 1. The monoisotopic (exact) mass is 371 g/mol. The number of rotatable bonds is 9. The molecule has 0 aliphatic heterocycles. The van der Waals surface area contributed by atoms with Crippen LogP contribution in [0.15, 0.2) is 41.4 Å². The molecule has 146 valence electrons. The zero-order valence-corrected chi connectivity index (χ0v) is 17.0. The lowest BCUT2D eigenvalue weighted by atomic mass is 10.0. The van der Waals surface area contributed by atoms with Crippen LogP contribution in [0.5, 0.6) is 23.0 Å². The number of ether oxygens (including phenoxy) is 4. The third-order valence-electron chi connectivity index (χ3n) is 4.54. The molecule has 0 aliphatic carbocycles. The first kappa shape index (κ1) is 20.6. The van der Waals surface area contributed by atoms with Crippen molar-refractivity contribution in [3.63, 3.8) is 0 Å². The van der Waals surface area contributed by atoms with Crippen molar-refractivity contribution in [1.82, 2.24) is 0 Å². The molecule has 1 unspecified atom stereocenters. The standard InChI is InChI=1S/C22H29NO4/c1-7-17(15-9-11-19(24-3)21(13-15)26-5)23-18(8-2)16-10-12-20(25-4)22(14-16)27-6/h9-14,17H,7-8H2,1-6H3. The summed E-state index contributed by atoms with van der Waals surface area (Å²) in [5.74, 6) is 2.85. The Hall–Kier alpha value is -2.69. The van der Waals surface area contributed by atoms with E-state index in [4.69, 9.17) is 23.9 Å². The highest BCUT2D eigenvalue weighted by atomic mass is 16.5. The van der Waals surface area contributed by atoms with Gasteiger partial charge in [-0.05, 0) is 54.3 Å². The molecule has 2 aromatic rings. The summed E-state index contributed by atoms with van der Waals surface area (Å²) in [4.78, 5) is 5.04. The van der Waals surface area contributed by atoms with Crippen molar-refractivity contribution in [3.8, 4) is 23.0 Å². The van der Waals surface area contributed by atoms with Crippen LogP contribution in [0.2, 0.25) is 0 Å². The zero-order valence-electron chi connectivity index (χ0n) is 17.0. The van der Waals surface area contributed by atoms with Gasteiger partial charge in [0, 0.05) is 5.71 Å². The van der Waals surface area contributed by atoms with E-state index in [1.807, 2.05) is 36.4 Å². The first-order valence-electron chi connectivity index (χ1n) is 9.12. The van der Waals surface area contributed by atoms with Gasteiger partial charge in [0.1, 0.15) is 0 Å². The molecule has 0 amide bonds. The predicted molar refractivity (Wildman–Crippen MR) is 109 cm³/mol. The highest BCUT2D eigenvalue weighted by Crippen LogP contribution is 2.33. The van der Waals surface area contributed by atoms with Crippen molar-refractivity contribution in [2.45, 2.75) is 32.7 Å². The van der Waals surface area contributed by atoms with Crippen LogP contribution in [-0.2, 0) is 0 Å². The SMILES string of the molecule is CCC(=NC(CC)c1ccc(OC)c(OC)c1)c1ccc(OC)c(OC)c1. The lowest BCUT2D eigenvalue weighted by Crippen LogP contribution is -2.05. The fraction of sp³-hybridized carbons (Fsp3) is 0.409. The smallest absolute Gasteiger partial charge is 0.161 e. The lowest BCUT2D eigenvalue weighted by molar-refractivity contribution is 0.354. The van der Waals surface area contributed by atoms with Crippen LogP contribution in [0.4, 0.5) is 0 Å². The van der Waals surface area contributed by atoms with E-state index < -0.39 is 0 Å². The second-order valence-corrected chi connectivity index (χ2v) is 6.04. The first-order chi connectivity index (χ1) is 13.1. The molecule has 2 rings (SSSR count). The van der Waals surface area contributed by atoms with Crippen molar-refractivity contribution in [2.24, 2.45) is 4.99 Å². The molecule has 5 heteroatoms. The Kier molecular flexibility index (Phi) is 7.53. The average Bonchev–Trinajstić information content (AvgIpc) is 2.73. The molecule has 0 heterocycles. The Morgan fingerprint density at radius 2 is 1.33 bits per heavy atom. The maximum absolute atomic E-state index is 5.44.